The SMILES string of the molecule is C=C(C=O)/C=C\C(=C)CN1CCCC1. The third-order valence-corrected chi connectivity index (χ3v) is 2.31. The fourth-order valence-electron chi connectivity index (χ4n) is 1.54. The Hall–Kier alpha value is -1.15. The van der Waals surface area contributed by atoms with Gasteiger partial charge in [0.05, 0.1) is 0 Å². The number of carbonyl (C=O) groups is 1. The summed E-state index contributed by atoms with van der Waals surface area (Å²) < 4.78 is 0. The molecule has 0 aromatic rings. The average molecular weight is 191 g/mol. The van der Waals surface area contributed by atoms with Crippen LogP contribution in [0.5, 0.6) is 0 Å². The van der Waals surface area contributed by atoms with Gasteiger partial charge in [0.15, 0.2) is 0 Å². The van der Waals surface area contributed by atoms with Crippen molar-refractivity contribution in [2.45, 2.75) is 12.8 Å². The molecule has 0 unspecified atom stereocenters. The van der Waals surface area contributed by atoms with E-state index in [0.29, 0.717) is 5.57 Å². The van der Waals surface area contributed by atoms with Crippen molar-refractivity contribution in [1.29, 1.82) is 0 Å². The summed E-state index contributed by atoms with van der Waals surface area (Å²) in [5.74, 6) is 0. The highest BCUT2D eigenvalue weighted by molar-refractivity contribution is 5.76. The van der Waals surface area contributed by atoms with Gasteiger partial charge in [-0.2, -0.15) is 0 Å². The summed E-state index contributed by atoms with van der Waals surface area (Å²) in [6.07, 6.45) is 6.91. The highest BCUT2D eigenvalue weighted by atomic mass is 16.1. The summed E-state index contributed by atoms with van der Waals surface area (Å²) in [7, 11) is 0. The Bertz CT molecular complexity index is 259. The smallest absolute Gasteiger partial charge is 0.149 e. The summed E-state index contributed by atoms with van der Waals surface area (Å²) in [6.45, 7) is 10.7. The topological polar surface area (TPSA) is 20.3 Å². The highest BCUT2D eigenvalue weighted by Crippen LogP contribution is 2.09. The number of hydrogen-bond donors (Lipinski definition) is 0. The summed E-state index contributed by atoms with van der Waals surface area (Å²) in [5, 5.41) is 0. The van der Waals surface area contributed by atoms with E-state index in [-0.39, 0.29) is 0 Å². The first-order valence-electron chi connectivity index (χ1n) is 4.94. The number of aldehydes is 1. The molecule has 14 heavy (non-hydrogen) atoms. The number of hydrogen-bond acceptors (Lipinski definition) is 2. The van der Waals surface area contributed by atoms with Gasteiger partial charge in [0.2, 0.25) is 0 Å². The van der Waals surface area contributed by atoms with Crippen molar-refractivity contribution in [2.75, 3.05) is 19.6 Å². The van der Waals surface area contributed by atoms with Gasteiger partial charge in [-0.15, -0.1) is 0 Å². The van der Waals surface area contributed by atoms with Gasteiger partial charge in [-0.25, -0.2) is 0 Å². The first kappa shape index (κ1) is 10.9. The van der Waals surface area contributed by atoms with E-state index in [1.165, 1.54) is 25.9 Å². The predicted octanol–water partition coefficient (Wildman–Crippen LogP) is 1.95. The minimum Gasteiger partial charge on any atom is -0.299 e. The van der Waals surface area contributed by atoms with E-state index in [0.717, 1.165) is 18.4 Å². The molecule has 1 aliphatic heterocycles. The molecule has 1 saturated heterocycles. The number of rotatable bonds is 5. The molecule has 76 valence electrons. The van der Waals surface area contributed by atoms with Crippen LogP contribution in [0.4, 0.5) is 0 Å². The largest absolute Gasteiger partial charge is 0.299 e. The molecule has 0 radical (unpaired) electrons. The summed E-state index contributed by atoms with van der Waals surface area (Å²) in [6, 6.07) is 0. The molecule has 1 rings (SSSR count). The van der Waals surface area contributed by atoms with Crippen LogP contribution in [0.3, 0.4) is 0 Å². The van der Waals surface area contributed by atoms with E-state index in [9.17, 15) is 4.79 Å². The monoisotopic (exact) mass is 191 g/mol. The van der Waals surface area contributed by atoms with Crippen LogP contribution in [0.2, 0.25) is 0 Å². The molecule has 2 heteroatoms. The van der Waals surface area contributed by atoms with Crippen LogP contribution in [0.15, 0.2) is 36.5 Å². The lowest BCUT2D eigenvalue weighted by molar-refractivity contribution is -0.104. The Morgan fingerprint density at radius 1 is 1.21 bits per heavy atom. The van der Waals surface area contributed by atoms with Crippen LogP contribution in [0.1, 0.15) is 12.8 Å². The predicted molar refractivity (Wildman–Crippen MR) is 59.2 cm³/mol. The number of carbonyl (C=O) groups excluding carboxylic acids is 1. The fourth-order valence-corrected chi connectivity index (χ4v) is 1.54. The second-order valence-electron chi connectivity index (χ2n) is 3.67. The molecule has 1 heterocycles. The average Bonchev–Trinajstić information content (AvgIpc) is 2.66. The summed E-state index contributed by atoms with van der Waals surface area (Å²) >= 11 is 0. The van der Waals surface area contributed by atoms with Crippen molar-refractivity contribution in [3.63, 3.8) is 0 Å². The molecule has 0 aromatic carbocycles. The zero-order chi connectivity index (χ0) is 10.4. The van der Waals surface area contributed by atoms with E-state index in [2.05, 4.69) is 18.1 Å². The van der Waals surface area contributed by atoms with Crippen molar-refractivity contribution in [1.82, 2.24) is 4.90 Å². The number of nitrogens with zero attached hydrogens (tertiary/aromatic N) is 1. The third-order valence-electron chi connectivity index (χ3n) is 2.31. The second kappa shape index (κ2) is 5.55. The molecular weight excluding hydrogens is 174 g/mol. The number of likely N-dealkylation sites (tertiary alicyclic amines) is 1. The summed E-state index contributed by atoms with van der Waals surface area (Å²) in [4.78, 5) is 12.6. The van der Waals surface area contributed by atoms with Gasteiger partial charge in [-0.1, -0.05) is 25.3 Å². The third kappa shape index (κ3) is 3.71. The quantitative estimate of drug-likeness (QED) is 0.376. The van der Waals surface area contributed by atoms with Gasteiger partial charge in [-0.3, -0.25) is 9.69 Å². The minimum absolute atomic E-state index is 0.493. The van der Waals surface area contributed by atoms with Gasteiger partial charge in [0.1, 0.15) is 6.29 Å². The maximum Gasteiger partial charge on any atom is 0.149 e. The Balaban J connectivity index is 2.30. The molecular formula is C12H17NO. The molecule has 1 aliphatic rings. The fraction of sp³-hybridized carbons (Fsp3) is 0.417. The highest BCUT2D eigenvalue weighted by Gasteiger charge is 2.10. The van der Waals surface area contributed by atoms with Crippen LogP contribution >= 0.6 is 0 Å². The molecule has 0 bridgehead atoms. The minimum atomic E-state index is 0.493. The van der Waals surface area contributed by atoms with E-state index in [1.54, 1.807) is 6.08 Å². The van der Waals surface area contributed by atoms with Crippen LogP contribution in [0, 0.1) is 0 Å². The molecule has 2 nitrogen and oxygen atoms in total. The van der Waals surface area contributed by atoms with Crippen LogP contribution < -0.4 is 0 Å². The molecule has 0 spiro atoms. The van der Waals surface area contributed by atoms with Crippen molar-refractivity contribution < 1.29 is 4.79 Å². The van der Waals surface area contributed by atoms with Gasteiger partial charge in [0, 0.05) is 12.1 Å². The lowest BCUT2D eigenvalue weighted by Gasteiger charge is -2.13. The van der Waals surface area contributed by atoms with E-state index < -0.39 is 0 Å². The van der Waals surface area contributed by atoms with E-state index >= 15 is 0 Å². The van der Waals surface area contributed by atoms with Crippen molar-refractivity contribution in [2.24, 2.45) is 0 Å². The van der Waals surface area contributed by atoms with Gasteiger partial charge >= 0.3 is 0 Å². The Kier molecular flexibility index (Phi) is 4.33. The van der Waals surface area contributed by atoms with Crippen LogP contribution in [-0.2, 0) is 4.79 Å². The molecule has 0 aromatic heterocycles. The van der Waals surface area contributed by atoms with Crippen molar-refractivity contribution >= 4 is 6.29 Å². The zero-order valence-electron chi connectivity index (χ0n) is 8.54. The van der Waals surface area contributed by atoms with Gasteiger partial charge in [-0.05, 0) is 31.5 Å². The maximum absolute atomic E-state index is 10.3. The maximum atomic E-state index is 10.3. The number of allylic oxidation sites excluding steroid dienone is 2. The van der Waals surface area contributed by atoms with Crippen molar-refractivity contribution in [3.8, 4) is 0 Å². The molecule has 0 saturated carbocycles. The first-order valence-corrected chi connectivity index (χ1v) is 4.94. The zero-order valence-corrected chi connectivity index (χ0v) is 8.54. The second-order valence-corrected chi connectivity index (χ2v) is 3.67. The van der Waals surface area contributed by atoms with Gasteiger partial charge < -0.3 is 0 Å². The molecule has 0 atom stereocenters. The van der Waals surface area contributed by atoms with Gasteiger partial charge in [0.25, 0.3) is 0 Å². The van der Waals surface area contributed by atoms with Crippen LogP contribution in [0.25, 0.3) is 0 Å². The molecule has 0 aliphatic carbocycles. The Labute approximate surface area is 85.6 Å². The molecule has 0 amide bonds. The molecule has 0 N–H and O–H groups in total. The van der Waals surface area contributed by atoms with Crippen LogP contribution in [-0.4, -0.2) is 30.8 Å². The normalized spacial score (nSPS) is 17.4. The standard InChI is InChI=1S/C12H17NO/c1-11(5-6-12(2)10-14)9-13-7-3-4-8-13/h5-6,10H,1-4,7-9H2/b6-5-. The summed E-state index contributed by atoms with van der Waals surface area (Å²) in [5.41, 5.74) is 1.53. The Morgan fingerprint density at radius 3 is 2.43 bits per heavy atom. The van der Waals surface area contributed by atoms with E-state index in [1.807, 2.05) is 6.08 Å². The lowest BCUT2D eigenvalue weighted by atomic mass is 10.2. The molecule has 1 fully saturated rings. The Morgan fingerprint density at radius 2 is 1.86 bits per heavy atom. The first-order chi connectivity index (χ1) is 6.72. The lowest BCUT2D eigenvalue weighted by Crippen LogP contribution is -2.20. The van der Waals surface area contributed by atoms with Crippen molar-refractivity contribution in [3.05, 3.63) is 36.5 Å². The van der Waals surface area contributed by atoms with E-state index in [4.69, 9.17) is 0 Å².